The van der Waals surface area contributed by atoms with Crippen LogP contribution in [0.2, 0.25) is 5.15 Å². The first kappa shape index (κ1) is 16.8. The number of piperidine rings is 1. The maximum absolute atomic E-state index is 11.5. The first-order valence-corrected chi connectivity index (χ1v) is 9.03. The Balaban J connectivity index is 1.65. The van der Waals surface area contributed by atoms with E-state index in [1.165, 1.54) is 18.4 Å². The number of aromatic nitrogens is 2. The second kappa shape index (κ2) is 6.81. The molecule has 1 atom stereocenters. The lowest BCUT2D eigenvalue weighted by atomic mass is 9.95. The van der Waals surface area contributed by atoms with Crippen molar-refractivity contribution in [3.05, 3.63) is 16.4 Å². The third-order valence-corrected chi connectivity index (χ3v) is 5.89. The molecule has 2 aliphatic rings. The molecule has 1 unspecified atom stereocenters. The summed E-state index contributed by atoms with van der Waals surface area (Å²) >= 11 is 6.49. The van der Waals surface area contributed by atoms with Crippen molar-refractivity contribution in [3.63, 3.8) is 0 Å². The third-order valence-electron chi connectivity index (χ3n) is 5.45. The van der Waals surface area contributed by atoms with E-state index in [0.717, 1.165) is 49.9 Å². The fourth-order valence-corrected chi connectivity index (χ4v) is 4.46. The van der Waals surface area contributed by atoms with Crippen LogP contribution in [-0.2, 0) is 11.8 Å². The molecule has 0 N–H and O–H groups in total. The third kappa shape index (κ3) is 3.41. The van der Waals surface area contributed by atoms with Crippen LogP contribution in [0.5, 0.6) is 0 Å². The van der Waals surface area contributed by atoms with E-state index in [4.69, 9.17) is 11.6 Å². The van der Waals surface area contributed by atoms with Crippen LogP contribution in [0.4, 0.5) is 0 Å². The van der Waals surface area contributed by atoms with Gasteiger partial charge in [-0.25, -0.2) is 0 Å². The van der Waals surface area contributed by atoms with Gasteiger partial charge in [0.1, 0.15) is 5.15 Å². The number of likely N-dealkylation sites (tertiary alicyclic amines) is 2. The molecule has 0 bridgehead atoms. The molecule has 3 heterocycles. The number of nitrogens with zero attached hydrogens (tertiary/aromatic N) is 4. The Morgan fingerprint density at radius 1 is 1.26 bits per heavy atom. The molecule has 128 valence electrons. The van der Waals surface area contributed by atoms with Gasteiger partial charge in [0.2, 0.25) is 5.91 Å². The molecular formula is C17H27ClN4O. The molecule has 5 nitrogen and oxygen atoms in total. The predicted octanol–water partition coefficient (Wildman–Crippen LogP) is 2.78. The van der Waals surface area contributed by atoms with Gasteiger partial charge in [0.25, 0.3) is 0 Å². The molecule has 2 saturated heterocycles. The summed E-state index contributed by atoms with van der Waals surface area (Å²) in [4.78, 5) is 16.0. The van der Waals surface area contributed by atoms with Gasteiger partial charge in [-0.3, -0.25) is 14.4 Å². The van der Waals surface area contributed by atoms with Crippen LogP contribution in [-0.4, -0.2) is 51.7 Å². The van der Waals surface area contributed by atoms with Crippen LogP contribution in [0, 0.1) is 12.8 Å². The van der Waals surface area contributed by atoms with Crippen molar-refractivity contribution >= 4 is 17.5 Å². The Labute approximate surface area is 143 Å². The van der Waals surface area contributed by atoms with Crippen LogP contribution in [0.25, 0.3) is 0 Å². The second-order valence-corrected chi connectivity index (χ2v) is 7.37. The summed E-state index contributed by atoms with van der Waals surface area (Å²) in [5.74, 6) is 0.891. The topological polar surface area (TPSA) is 41.4 Å². The summed E-state index contributed by atoms with van der Waals surface area (Å²) in [6.45, 7) is 7.80. The van der Waals surface area contributed by atoms with Crippen molar-refractivity contribution in [1.82, 2.24) is 19.6 Å². The predicted molar refractivity (Wildman–Crippen MR) is 91.5 cm³/mol. The van der Waals surface area contributed by atoms with E-state index in [9.17, 15) is 4.79 Å². The van der Waals surface area contributed by atoms with Gasteiger partial charge in [-0.15, -0.1) is 0 Å². The largest absolute Gasteiger partial charge is 0.343 e. The molecule has 0 radical (unpaired) electrons. The van der Waals surface area contributed by atoms with Gasteiger partial charge in [0, 0.05) is 45.2 Å². The fraction of sp³-hybridized carbons (Fsp3) is 0.765. The molecule has 1 aromatic rings. The number of carbonyl (C=O) groups excluding carboxylic acids is 1. The van der Waals surface area contributed by atoms with E-state index in [0.29, 0.717) is 12.0 Å². The van der Waals surface area contributed by atoms with E-state index in [1.54, 1.807) is 11.6 Å². The molecule has 6 heteroatoms. The Morgan fingerprint density at radius 2 is 1.96 bits per heavy atom. The Kier molecular flexibility index (Phi) is 4.97. The van der Waals surface area contributed by atoms with Crippen molar-refractivity contribution in [2.45, 2.75) is 45.6 Å². The molecule has 23 heavy (non-hydrogen) atoms. The maximum Gasteiger partial charge on any atom is 0.219 e. The minimum atomic E-state index is 0.209. The number of aryl methyl sites for hydroxylation is 2. The van der Waals surface area contributed by atoms with Crippen molar-refractivity contribution in [1.29, 1.82) is 0 Å². The van der Waals surface area contributed by atoms with E-state index >= 15 is 0 Å². The van der Waals surface area contributed by atoms with Crippen LogP contribution in [0.1, 0.15) is 49.9 Å². The number of rotatable bonds is 3. The number of amides is 1. The summed E-state index contributed by atoms with van der Waals surface area (Å²) in [6.07, 6.45) is 4.62. The molecule has 0 saturated carbocycles. The van der Waals surface area contributed by atoms with Crippen molar-refractivity contribution < 1.29 is 4.79 Å². The van der Waals surface area contributed by atoms with Gasteiger partial charge in [-0.2, -0.15) is 5.10 Å². The normalized spacial score (nSPS) is 23.7. The minimum Gasteiger partial charge on any atom is -0.343 e. The minimum absolute atomic E-state index is 0.209. The highest BCUT2D eigenvalue weighted by Gasteiger charge is 2.33. The number of hydrogen-bond acceptors (Lipinski definition) is 3. The Hall–Kier alpha value is -1.07. The smallest absolute Gasteiger partial charge is 0.219 e. The summed E-state index contributed by atoms with van der Waals surface area (Å²) in [5.41, 5.74) is 2.27. The van der Waals surface area contributed by atoms with Gasteiger partial charge < -0.3 is 4.90 Å². The van der Waals surface area contributed by atoms with Gasteiger partial charge in [0.15, 0.2) is 0 Å². The standard InChI is InChI=1S/C17H27ClN4O/c1-12-16(17(18)20(3)19-12)15-5-4-8-22(15)11-14-6-9-21(10-7-14)13(2)23/h14-15H,4-11H2,1-3H3. The first-order chi connectivity index (χ1) is 11.0. The number of halogens is 1. The highest BCUT2D eigenvalue weighted by Crippen LogP contribution is 2.38. The zero-order valence-electron chi connectivity index (χ0n) is 14.4. The fourth-order valence-electron chi connectivity index (χ4n) is 4.16. The zero-order valence-corrected chi connectivity index (χ0v) is 15.1. The van der Waals surface area contributed by atoms with E-state index in [1.807, 2.05) is 11.9 Å². The van der Waals surface area contributed by atoms with Crippen molar-refractivity contribution in [3.8, 4) is 0 Å². The second-order valence-electron chi connectivity index (χ2n) is 7.02. The summed E-state index contributed by atoms with van der Waals surface area (Å²) in [5, 5.41) is 5.26. The molecule has 3 rings (SSSR count). The summed E-state index contributed by atoms with van der Waals surface area (Å²) in [6, 6.07) is 0.405. The quantitative estimate of drug-likeness (QED) is 0.851. The molecule has 0 spiro atoms. The highest BCUT2D eigenvalue weighted by atomic mass is 35.5. The average molecular weight is 339 g/mol. The van der Waals surface area contributed by atoms with Crippen LogP contribution in [0.3, 0.4) is 0 Å². The SMILES string of the molecule is CC(=O)N1CCC(CN2CCCC2c2c(C)nn(C)c2Cl)CC1. The monoisotopic (exact) mass is 338 g/mol. The molecule has 1 amide bonds. The lowest BCUT2D eigenvalue weighted by molar-refractivity contribution is -0.130. The molecule has 2 aliphatic heterocycles. The van der Waals surface area contributed by atoms with E-state index in [-0.39, 0.29) is 5.91 Å². The summed E-state index contributed by atoms with van der Waals surface area (Å²) < 4.78 is 1.79. The van der Waals surface area contributed by atoms with E-state index in [2.05, 4.69) is 16.9 Å². The molecular weight excluding hydrogens is 312 g/mol. The van der Waals surface area contributed by atoms with Crippen LogP contribution >= 0.6 is 11.6 Å². The van der Waals surface area contributed by atoms with Crippen LogP contribution < -0.4 is 0 Å². The average Bonchev–Trinajstić information content (AvgIpc) is 3.04. The van der Waals surface area contributed by atoms with Crippen molar-refractivity contribution in [2.24, 2.45) is 13.0 Å². The molecule has 0 aromatic carbocycles. The molecule has 1 aromatic heterocycles. The molecule has 0 aliphatic carbocycles. The van der Waals surface area contributed by atoms with Crippen LogP contribution in [0.15, 0.2) is 0 Å². The van der Waals surface area contributed by atoms with Gasteiger partial charge >= 0.3 is 0 Å². The lowest BCUT2D eigenvalue weighted by Crippen LogP contribution is -2.40. The first-order valence-electron chi connectivity index (χ1n) is 8.66. The van der Waals surface area contributed by atoms with Gasteiger partial charge in [-0.1, -0.05) is 11.6 Å². The Morgan fingerprint density at radius 3 is 2.52 bits per heavy atom. The number of carbonyl (C=O) groups is 1. The maximum atomic E-state index is 11.5. The summed E-state index contributed by atoms with van der Waals surface area (Å²) in [7, 11) is 1.91. The van der Waals surface area contributed by atoms with Gasteiger partial charge in [0.05, 0.1) is 5.69 Å². The van der Waals surface area contributed by atoms with Crippen molar-refractivity contribution in [2.75, 3.05) is 26.2 Å². The number of hydrogen-bond donors (Lipinski definition) is 0. The van der Waals surface area contributed by atoms with Gasteiger partial charge in [-0.05, 0) is 45.1 Å². The highest BCUT2D eigenvalue weighted by molar-refractivity contribution is 6.30. The Bertz CT molecular complexity index is 577. The lowest BCUT2D eigenvalue weighted by Gasteiger charge is -2.35. The zero-order chi connectivity index (χ0) is 16.6. The molecule has 2 fully saturated rings. The van der Waals surface area contributed by atoms with E-state index < -0.39 is 0 Å².